The topological polar surface area (TPSA) is 106 Å². The Kier molecular flexibility index (Phi) is 10.8. The van der Waals surface area contributed by atoms with Crippen molar-refractivity contribution in [3.8, 4) is 5.75 Å². The third-order valence-electron chi connectivity index (χ3n) is 11.3. The predicted octanol–water partition coefficient (Wildman–Crippen LogP) is 5.45. The molecule has 0 bridgehead atoms. The molecule has 10 heteroatoms. The van der Waals surface area contributed by atoms with Gasteiger partial charge in [0.25, 0.3) is 5.91 Å². The van der Waals surface area contributed by atoms with Gasteiger partial charge in [-0.1, -0.05) is 37.3 Å². The number of phenols is 1. The Morgan fingerprint density at radius 3 is 2.25 bits per heavy atom. The van der Waals surface area contributed by atoms with E-state index in [0.29, 0.717) is 57.9 Å². The SMILES string of the molecule is CCc1cc(C[C@@H](OC(=O)N2CCC(N3CCc4ccccc4NC3=O)CC2)C(=O)N2CCC(C3CCN(C)CC3)CC2)cc(C)c1O. The Balaban J connectivity index is 1.09. The molecule has 2 N–H and O–H groups in total. The Hall–Kier alpha value is -3.79. The smallest absolute Gasteiger partial charge is 0.410 e. The Labute approximate surface area is 285 Å². The van der Waals surface area contributed by atoms with Crippen LogP contribution < -0.4 is 5.32 Å². The number of aromatic hydroxyl groups is 1. The van der Waals surface area contributed by atoms with E-state index in [1.54, 1.807) is 4.90 Å². The summed E-state index contributed by atoms with van der Waals surface area (Å²) in [6.45, 7) is 9.07. The zero-order chi connectivity index (χ0) is 33.8. The minimum absolute atomic E-state index is 0.0269. The van der Waals surface area contributed by atoms with Crippen molar-refractivity contribution in [1.82, 2.24) is 19.6 Å². The number of piperidine rings is 3. The van der Waals surface area contributed by atoms with Crippen LogP contribution in [0.25, 0.3) is 0 Å². The van der Waals surface area contributed by atoms with Gasteiger partial charge in [-0.15, -0.1) is 0 Å². The second-order valence-corrected chi connectivity index (χ2v) is 14.4. The van der Waals surface area contributed by atoms with Crippen molar-refractivity contribution in [1.29, 1.82) is 0 Å². The van der Waals surface area contributed by atoms with E-state index in [2.05, 4.69) is 23.3 Å². The number of hydrogen-bond donors (Lipinski definition) is 2. The third-order valence-corrected chi connectivity index (χ3v) is 11.3. The minimum atomic E-state index is -0.946. The largest absolute Gasteiger partial charge is 0.507 e. The van der Waals surface area contributed by atoms with Crippen LogP contribution in [0.15, 0.2) is 36.4 Å². The minimum Gasteiger partial charge on any atom is -0.507 e. The van der Waals surface area contributed by atoms with Crippen molar-refractivity contribution in [3.63, 3.8) is 0 Å². The molecule has 2 aromatic rings. The Morgan fingerprint density at radius 1 is 0.917 bits per heavy atom. The molecule has 0 unspecified atom stereocenters. The van der Waals surface area contributed by atoms with Gasteiger partial charge in [0.05, 0.1) is 0 Å². The molecule has 0 saturated carbocycles. The molecule has 0 spiro atoms. The van der Waals surface area contributed by atoms with Gasteiger partial charge in [-0.05, 0) is 119 Å². The summed E-state index contributed by atoms with van der Waals surface area (Å²) >= 11 is 0. The lowest BCUT2D eigenvalue weighted by Crippen LogP contribution is -2.52. The van der Waals surface area contributed by atoms with Gasteiger partial charge in [0.2, 0.25) is 0 Å². The second-order valence-electron chi connectivity index (χ2n) is 14.4. The van der Waals surface area contributed by atoms with Crippen molar-refractivity contribution < 1.29 is 24.2 Å². The molecule has 4 amide bonds. The van der Waals surface area contributed by atoms with Gasteiger partial charge in [-0.2, -0.15) is 0 Å². The summed E-state index contributed by atoms with van der Waals surface area (Å²) in [7, 11) is 2.19. The van der Waals surface area contributed by atoms with E-state index >= 15 is 0 Å². The van der Waals surface area contributed by atoms with Crippen molar-refractivity contribution in [2.45, 2.75) is 83.8 Å². The summed E-state index contributed by atoms with van der Waals surface area (Å²) in [6.07, 6.45) is 6.02. The highest BCUT2D eigenvalue weighted by Gasteiger charge is 2.37. The van der Waals surface area contributed by atoms with Gasteiger partial charge in [0.15, 0.2) is 6.10 Å². The van der Waals surface area contributed by atoms with Gasteiger partial charge in [0.1, 0.15) is 5.75 Å². The number of carbonyl (C=O) groups is 3. The van der Waals surface area contributed by atoms with E-state index in [1.165, 1.54) is 12.8 Å². The maximum Gasteiger partial charge on any atom is 0.410 e. The highest BCUT2D eigenvalue weighted by molar-refractivity contribution is 5.91. The molecule has 3 saturated heterocycles. The van der Waals surface area contributed by atoms with E-state index in [9.17, 15) is 19.5 Å². The van der Waals surface area contributed by atoms with Crippen molar-refractivity contribution in [2.24, 2.45) is 11.8 Å². The number of phenolic OH excluding ortho intramolecular Hbond substituents is 1. The second kappa shape index (κ2) is 15.2. The molecule has 10 nitrogen and oxygen atoms in total. The standard InChI is InChI=1S/C38H53N5O5/c1-4-28-24-27(23-26(2)35(28)44)25-34(36(45)41-18-11-30(12-19-41)29-9-16-40(3)17-10-29)48-38(47)42-20-14-32(15-21-42)43-22-13-31-7-5-6-8-33(31)39-37(43)46/h5-8,23-24,29-30,32,34,44H,4,9-22,25H2,1-3H3,(H,39,46)/t34-/m1/s1. The van der Waals surface area contributed by atoms with Gasteiger partial charge >= 0.3 is 12.1 Å². The lowest BCUT2D eigenvalue weighted by Gasteiger charge is -2.40. The zero-order valence-electron chi connectivity index (χ0n) is 29.0. The number of ether oxygens (including phenoxy) is 1. The van der Waals surface area contributed by atoms with Gasteiger partial charge in [-0.3, -0.25) is 4.79 Å². The van der Waals surface area contributed by atoms with E-state index in [1.807, 2.05) is 54.0 Å². The number of fused-ring (bicyclic) bond motifs is 1. The average Bonchev–Trinajstić information content (AvgIpc) is 3.27. The molecule has 3 fully saturated rings. The van der Waals surface area contributed by atoms with Crippen LogP contribution in [0.2, 0.25) is 0 Å². The first-order valence-corrected chi connectivity index (χ1v) is 18.1. The van der Waals surface area contributed by atoms with Crippen LogP contribution in [0.3, 0.4) is 0 Å². The maximum absolute atomic E-state index is 14.1. The van der Waals surface area contributed by atoms with Crippen LogP contribution in [-0.2, 0) is 28.8 Å². The first-order chi connectivity index (χ1) is 23.2. The number of para-hydroxylation sites is 1. The molecule has 4 aliphatic heterocycles. The fraction of sp³-hybridized carbons (Fsp3) is 0.605. The monoisotopic (exact) mass is 659 g/mol. The lowest BCUT2D eigenvalue weighted by molar-refractivity contribution is -0.142. The molecule has 2 aromatic carbocycles. The molecule has 4 heterocycles. The number of likely N-dealkylation sites (tertiary alicyclic amines) is 3. The molecular weight excluding hydrogens is 606 g/mol. The Morgan fingerprint density at radius 2 is 1.56 bits per heavy atom. The van der Waals surface area contributed by atoms with E-state index < -0.39 is 12.2 Å². The van der Waals surface area contributed by atoms with Crippen molar-refractivity contribution in [3.05, 3.63) is 58.7 Å². The number of rotatable bonds is 7. The first-order valence-electron chi connectivity index (χ1n) is 18.1. The van der Waals surface area contributed by atoms with Crippen LogP contribution in [0.1, 0.15) is 67.7 Å². The summed E-state index contributed by atoms with van der Waals surface area (Å²) in [5.74, 6) is 1.50. The molecule has 0 aliphatic carbocycles. The number of aryl methyl sites for hydroxylation is 2. The first kappa shape index (κ1) is 34.1. The number of nitrogens with one attached hydrogen (secondary N) is 1. The molecule has 6 rings (SSSR count). The molecule has 48 heavy (non-hydrogen) atoms. The summed E-state index contributed by atoms with van der Waals surface area (Å²) in [6, 6.07) is 11.7. The summed E-state index contributed by atoms with van der Waals surface area (Å²) < 4.78 is 6.11. The number of benzene rings is 2. The van der Waals surface area contributed by atoms with Crippen LogP contribution in [0, 0.1) is 18.8 Å². The molecule has 0 radical (unpaired) electrons. The molecule has 1 atom stereocenters. The van der Waals surface area contributed by atoms with E-state index in [0.717, 1.165) is 66.2 Å². The lowest BCUT2D eigenvalue weighted by atomic mass is 9.79. The highest BCUT2D eigenvalue weighted by atomic mass is 16.6. The number of carbonyl (C=O) groups excluding carboxylic acids is 3. The van der Waals surface area contributed by atoms with Crippen LogP contribution in [0.5, 0.6) is 5.75 Å². The number of anilines is 1. The normalized spacial score (nSPS) is 21.0. The fourth-order valence-corrected chi connectivity index (χ4v) is 8.30. The van der Waals surface area contributed by atoms with E-state index in [-0.39, 0.29) is 30.2 Å². The Bertz CT molecular complexity index is 1460. The van der Waals surface area contributed by atoms with Crippen LogP contribution in [-0.4, -0.2) is 108 Å². The zero-order valence-corrected chi connectivity index (χ0v) is 29.0. The fourth-order valence-electron chi connectivity index (χ4n) is 8.30. The summed E-state index contributed by atoms with van der Waals surface area (Å²) in [5.41, 5.74) is 4.45. The summed E-state index contributed by atoms with van der Waals surface area (Å²) in [4.78, 5) is 48.8. The van der Waals surface area contributed by atoms with Crippen LogP contribution >= 0.6 is 0 Å². The molecule has 0 aromatic heterocycles. The average molecular weight is 660 g/mol. The predicted molar refractivity (Wildman–Crippen MR) is 186 cm³/mol. The van der Waals surface area contributed by atoms with Crippen molar-refractivity contribution in [2.75, 3.05) is 58.2 Å². The number of nitrogens with zero attached hydrogens (tertiary/aromatic N) is 4. The number of hydrogen-bond acceptors (Lipinski definition) is 6. The molecule has 260 valence electrons. The quantitative estimate of drug-likeness (QED) is 0.410. The number of amides is 4. The maximum atomic E-state index is 14.1. The highest BCUT2D eigenvalue weighted by Crippen LogP contribution is 2.33. The van der Waals surface area contributed by atoms with Gasteiger partial charge in [-0.25, -0.2) is 9.59 Å². The third kappa shape index (κ3) is 7.74. The van der Waals surface area contributed by atoms with Crippen molar-refractivity contribution >= 4 is 23.7 Å². The molecular formula is C38H53N5O5. The molecule has 4 aliphatic rings. The van der Waals surface area contributed by atoms with Crippen LogP contribution in [0.4, 0.5) is 15.3 Å². The number of urea groups is 1. The van der Waals surface area contributed by atoms with Gasteiger partial charge in [0, 0.05) is 50.9 Å². The van der Waals surface area contributed by atoms with E-state index in [4.69, 9.17) is 4.74 Å². The van der Waals surface area contributed by atoms with Gasteiger partial charge < -0.3 is 34.8 Å². The summed E-state index contributed by atoms with van der Waals surface area (Å²) in [5, 5.41) is 13.6.